The average Bonchev–Trinajstić information content (AvgIpc) is 2.57. The molecule has 0 amide bonds. The molecule has 0 spiro atoms. The van der Waals surface area contributed by atoms with E-state index in [0.717, 1.165) is 25.9 Å². The average molecular weight is 305 g/mol. The molecule has 0 aliphatic heterocycles. The van der Waals surface area contributed by atoms with Crippen LogP contribution in [0.1, 0.15) is 41.4 Å². The Bertz CT molecular complexity index is 709. The van der Waals surface area contributed by atoms with E-state index in [4.69, 9.17) is 0 Å². The van der Waals surface area contributed by atoms with E-state index in [2.05, 4.69) is 66.5 Å². The lowest BCUT2D eigenvalue weighted by molar-refractivity contribution is -0.124. The van der Waals surface area contributed by atoms with Gasteiger partial charge in [0.1, 0.15) is 5.78 Å². The normalized spacial score (nSPS) is 25.7. The predicted molar refractivity (Wildman–Crippen MR) is 92.4 cm³/mol. The van der Waals surface area contributed by atoms with Gasteiger partial charge >= 0.3 is 0 Å². The van der Waals surface area contributed by atoms with E-state index >= 15 is 0 Å². The summed E-state index contributed by atoms with van der Waals surface area (Å²) in [7, 11) is 2.20. The van der Waals surface area contributed by atoms with E-state index in [1.54, 1.807) is 0 Å². The molecule has 0 aromatic heterocycles. The van der Waals surface area contributed by atoms with Crippen molar-refractivity contribution in [2.24, 2.45) is 5.92 Å². The van der Waals surface area contributed by atoms with Crippen molar-refractivity contribution in [1.82, 2.24) is 4.90 Å². The third kappa shape index (κ3) is 2.72. The van der Waals surface area contributed by atoms with Crippen molar-refractivity contribution in [3.63, 3.8) is 0 Å². The van der Waals surface area contributed by atoms with Crippen LogP contribution in [0.2, 0.25) is 0 Å². The number of carbonyl (C=O) groups excluding carboxylic acids is 1. The van der Waals surface area contributed by atoms with Crippen molar-refractivity contribution < 1.29 is 4.79 Å². The van der Waals surface area contributed by atoms with Gasteiger partial charge < -0.3 is 4.90 Å². The van der Waals surface area contributed by atoms with Gasteiger partial charge in [0.25, 0.3) is 0 Å². The van der Waals surface area contributed by atoms with Crippen LogP contribution in [-0.2, 0) is 11.3 Å². The van der Waals surface area contributed by atoms with Gasteiger partial charge in [0, 0.05) is 25.4 Å². The molecule has 0 N–H and O–H groups in total. The van der Waals surface area contributed by atoms with Gasteiger partial charge in [-0.2, -0.15) is 0 Å². The van der Waals surface area contributed by atoms with Crippen LogP contribution in [0.3, 0.4) is 0 Å². The van der Waals surface area contributed by atoms with Crippen molar-refractivity contribution in [1.29, 1.82) is 0 Å². The summed E-state index contributed by atoms with van der Waals surface area (Å²) >= 11 is 0. The second-order valence-electron chi connectivity index (χ2n) is 7.14. The number of benzene rings is 2. The molecule has 5 rings (SSSR count). The third-order valence-electron chi connectivity index (χ3n) is 5.53. The topological polar surface area (TPSA) is 20.3 Å². The molecule has 0 heterocycles. The van der Waals surface area contributed by atoms with Crippen LogP contribution < -0.4 is 0 Å². The minimum absolute atomic E-state index is 0.145. The molecule has 3 unspecified atom stereocenters. The molecule has 2 aromatic carbocycles. The number of fused-ring (bicyclic) bond motifs is 2. The summed E-state index contributed by atoms with van der Waals surface area (Å²) in [5.41, 5.74) is 4.09. The maximum Gasteiger partial charge on any atom is 0.140 e. The third-order valence-corrected chi connectivity index (χ3v) is 5.53. The highest BCUT2D eigenvalue weighted by atomic mass is 16.1. The molecule has 3 aliphatic rings. The first-order chi connectivity index (χ1) is 11.2. The zero-order valence-corrected chi connectivity index (χ0v) is 13.6. The Morgan fingerprint density at radius 2 is 1.70 bits per heavy atom. The van der Waals surface area contributed by atoms with Crippen LogP contribution in [0, 0.1) is 5.92 Å². The fourth-order valence-corrected chi connectivity index (χ4v) is 4.52. The Labute approximate surface area is 138 Å². The van der Waals surface area contributed by atoms with Gasteiger partial charge in [-0.1, -0.05) is 54.6 Å². The maximum atomic E-state index is 12.3. The monoisotopic (exact) mass is 305 g/mol. The van der Waals surface area contributed by atoms with Crippen LogP contribution in [0.4, 0.5) is 0 Å². The zero-order valence-electron chi connectivity index (χ0n) is 13.6. The highest BCUT2D eigenvalue weighted by Gasteiger charge is 2.44. The summed E-state index contributed by atoms with van der Waals surface area (Å²) in [6.07, 6.45) is 1.77. The van der Waals surface area contributed by atoms with Gasteiger partial charge in [0.05, 0.1) is 0 Å². The molecule has 3 atom stereocenters. The SMILES string of the molecule is CN(Cc1ccccc1)CC1CC2C(=O)CC1c1ccccc12. The number of ketones is 1. The van der Waals surface area contributed by atoms with Crippen LogP contribution in [0.25, 0.3) is 0 Å². The highest BCUT2D eigenvalue weighted by molar-refractivity contribution is 5.90. The van der Waals surface area contributed by atoms with Gasteiger partial charge in [-0.3, -0.25) is 4.79 Å². The summed E-state index contributed by atoms with van der Waals surface area (Å²) in [6, 6.07) is 19.2. The molecule has 3 aliphatic carbocycles. The summed E-state index contributed by atoms with van der Waals surface area (Å²) in [4.78, 5) is 14.7. The van der Waals surface area contributed by atoms with Crippen molar-refractivity contribution in [2.75, 3.05) is 13.6 Å². The molecule has 0 radical (unpaired) electrons. The molecular weight excluding hydrogens is 282 g/mol. The van der Waals surface area contributed by atoms with Gasteiger partial charge in [-0.25, -0.2) is 0 Å². The molecule has 2 aromatic rings. The number of hydrogen-bond donors (Lipinski definition) is 0. The molecule has 2 bridgehead atoms. The maximum absolute atomic E-state index is 12.3. The largest absolute Gasteiger partial charge is 0.302 e. The van der Waals surface area contributed by atoms with Crippen LogP contribution in [0.5, 0.6) is 0 Å². The Morgan fingerprint density at radius 3 is 2.48 bits per heavy atom. The number of hydrogen-bond acceptors (Lipinski definition) is 2. The highest BCUT2D eigenvalue weighted by Crippen LogP contribution is 2.50. The second-order valence-corrected chi connectivity index (χ2v) is 7.14. The lowest BCUT2D eigenvalue weighted by Gasteiger charge is -2.44. The fraction of sp³-hybridized carbons (Fsp3) is 0.381. The van der Waals surface area contributed by atoms with Crippen molar-refractivity contribution >= 4 is 5.78 Å². The summed E-state index contributed by atoms with van der Waals surface area (Å²) < 4.78 is 0. The van der Waals surface area contributed by atoms with Gasteiger partial charge in [0.2, 0.25) is 0 Å². The summed E-state index contributed by atoms with van der Waals surface area (Å²) in [5.74, 6) is 1.62. The molecule has 2 nitrogen and oxygen atoms in total. The first-order valence-electron chi connectivity index (χ1n) is 8.56. The molecule has 118 valence electrons. The van der Waals surface area contributed by atoms with Crippen LogP contribution in [0.15, 0.2) is 54.6 Å². The second kappa shape index (κ2) is 5.93. The number of nitrogens with zero attached hydrogens (tertiary/aromatic N) is 1. The number of Topliss-reactive ketones (excluding diaryl/α,β-unsaturated/α-hetero) is 1. The molecule has 23 heavy (non-hydrogen) atoms. The Kier molecular flexibility index (Phi) is 3.78. The number of rotatable bonds is 4. The Morgan fingerprint density at radius 1 is 1.00 bits per heavy atom. The fourth-order valence-electron chi connectivity index (χ4n) is 4.52. The van der Waals surface area contributed by atoms with E-state index in [1.165, 1.54) is 16.7 Å². The first-order valence-corrected chi connectivity index (χ1v) is 8.56. The minimum atomic E-state index is 0.145. The minimum Gasteiger partial charge on any atom is -0.302 e. The quantitative estimate of drug-likeness (QED) is 0.851. The van der Waals surface area contributed by atoms with Crippen LogP contribution in [-0.4, -0.2) is 24.3 Å². The van der Waals surface area contributed by atoms with Crippen molar-refractivity contribution in [3.8, 4) is 0 Å². The van der Waals surface area contributed by atoms with E-state index < -0.39 is 0 Å². The lowest BCUT2D eigenvalue weighted by atomic mass is 9.61. The summed E-state index contributed by atoms with van der Waals surface area (Å²) in [5, 5.41) is 0. The van der Waals surface area contributed by atoms with Crippen LogP contribution >= 0.6 is 0 Å². The Hall–Kier alpha value is -1.93. The molecule has 1 fully saturated rings. The smallest absolute Gasteiger partial charge is 0.140 e. The van der Waals surface area contributed by atoms with Gasteiger partial charge in [-0.05, 0) is 42.0 Å². The van der Waals surface area contributed by atoms with E-state index in [-0.39, 0.29) is 5.92 Å². The van der Waals surface area contributed by atoms with Gasteiger partial charge in [0.15, 0.2) is 0 Å². The van der Waals surface area contributed by atoms with Gasteiger partial charge in [-0.15, -0.1) is 0 Å². The van der Waals surface area contributed by atoms with Crippen molar-refractivity contribution in [2.45, 2.75) is 31.2 Å². The number of carbonyl (C=O) groups is 1. The summed E-state index contributed by atoms with van der Waals surface area (Å²) in [6.45, 7) is 2.04. The zero-order chi connectivity index (χ0) is 15.8. The van der Waals surface area contributed by atoms with E-state index in [9.17, 15) is 4.79 Å². The molecular formula is C21H23NO. The Balaban J connectivity index is 1.50. The molecule has 2 heteroatoms. The van der Waals surface area contributed by atoms with E-state index in [1.807, 2.05) is 0 Å². The predicted octanol–water partition coefficient (Wildman–Crippen LogP) is 3.98. The molecule has 1 saturated carbocycles. The molecule has 0 saturated heterocycles. The standard InChI is InChI=1S/C21H23NO/c1-22(13-15-7-3-2-4-8-15)14-16-11-20-18-10-6-5-9-17(18)19(16)12-21(20)23/h2-10,16,19-20H,11-14H2,1H3. The lowest BCUT2D eigenvalue weighted by Crippen LogP contribution is -2.40. The van der Waals surface area contributed by atoms with Crippen molar-refractivity contribution in [3.05, 3.63) is 71.3 Å². The van der Waals surface area contributed by atoms with E-state index in [0.29, 0.717) is 17.6 Å². The first kappa shape index (κ1) is 14.6.